The van der Waals surface area contributed by atoms with Crippen molar-refractivity contribution < 1.29 is 25.2 Å². The molecular formula is C40H60N2O5S2. The number of rotatable bonds is 1. The molecule has 9 heteroatoms. The molecule has 6 aliphatic rings. The molecule has 5 fully saturated rings. The highest BCUT2D eigenvalue weighted by molar-refractivity contribution is 8.76. The van der Waals surface area contributed by atoms with E-state index in [4.69, 9.17) is 0 Å². The van der Waals surface area contributed by atoms with Crippen LogP contribution in [0.1, 0.15) is 118 Å². The van der Waals surface area contributed by atoms with Crippen LogP contribution in [0, 0.1) is 45.8 Å². The molecule has 0 amide bonds. The van der Waals surface area contributed by atoms with Crippen molar-refractivity contribution in [2.75, 3.05) is 11.5 Å². The molecule has 1 aliphatic heterocycles. The molecule has 272 valence electrons. The number of carbonyl (C=O) groups excluding carboxylic acids is 1. The zero-order valence-electron chi connectivity index (χ0n) is 30.3. The third-order valence-electron chi connectivity index (χ3n) is 15.1. The minimum Gasteiger partial charge on any atom is -0.393 e. The zero-order valence-corrected chi connectivity index (χ0v) is 31.9. The van der Waals surface area contributed by atoms with Crippen molar-refractivity contribution in [3.8, 4) is 0 Å². The van der Waals surface area contributed by atoms with Crippen LogP contribution in [0.4, 0.5) is 0 Å². The van der Waals surface area contributed by atoms with E-state index in [1.807, 2.05) is 34.1 Å². The summed E-state index contributed by atoms with van der Waals surface area (Å²) in [6.45, 7) is 11.4. The van der Waals surface area contributed by atoms with Gasteiger partial charge in [-0.05, 0) is 111 Å². The van der Waals surface area contributed by atoms with Gasteiger partial charge in [0, 0.05) is 47.2 Å². The van der Waals surface area contributed by atoms with Crippen LogP contribution in [0.15, 0.2) is 41.5 Å². The van der Waals surface area contributed by atoms with Gasteiger partial charge in [0.1, 0.15) is 0 Å². The van der Waals surface area contributed by atoms with E-state index >= 15 is 0 Å². The third-order valence-corrected chi connectivity index (χ3v) is 17.6. The molecule has 4 saturated carbocycles. The van der Waals surface area contributed by atoms with Gasteiger partial charge in [0.05, 0.1) is 30.2 Å². The smallest absolute Gasteiger partial charge is 0.159 e. The lowest BCUT2D eigenvalue weighted by molar-refractivity contribution is -0.158. The molecule has 5 aliphatic carbocycles. The van der Waals surface area contributed by atoms with Gasteiger partial charge in [-0.25, -0.2) is 4.98 Å². The van der Waals surface area contributed by atoms with Gasteiger partial charge in [0.2, 0.25) is 0 Å². The normalized spacial score (nSPS) is 46.3. The number of aliphatic hydroxyl groups is 4. The SMILES string of the molecule is C[C@@H]1[C@H](O)CC(=C2CCCCC2)C(C)(C)C[C@H](n2ccnc2)CSSC[C@H]2C[C@H]1[C@@]1(C)CC[C@H]3C(=CC(=O)[C@@H]4C[C@@H](O)[C@@H](O)C[C@@]43C)[C@]21O. The second-order valence-corrected chi connectivity index (χ2v) is 20.6. The van der Waals surface area contributed by atoms with Crippen molar-refractivity contribution >= 4 is 27.4 Å². The molecule has 0 aromatic carbocycles. The number of aliphatic hydroxyl groups excluding tert-OH is 3. The van der Waals surface area contributed by atoms with Gasteiger partial charge in [0.15, 0.2) is 5.78 Å². The molecule has 0 spiro atoms. The first-order valence-corrected chi connectivity index (χ1v) is 21.6. The van der Waals surface area contributed by atoms with Crippen LogP contribution in [-0.2, 0) is 4.79 Å². The standard InChI is InChI=1S/C40H60N2O5S2/c1-24-29-15-26(40(47)31-17-34(44)32-18-35(45)36(46)20-38(32,4)28(31)11-12-39(29,40)5)21-48-49-22-27(42-14-13-41-23-42)19-37(2,3)30(16-33(24)43)25-9-7-6-8-10-25/h13-14,17,23-24,26-29,32-33,35-36,43,45-47H,6-12,15-16,18-22H2,1-5H3/t24-,26+,27-,28-,29+,32-,33+,35+,36-,38+,39+,40+/m0/s1. The number of hydrogen-bond acceptors (Lipinski definition) is 8. The topological polar surface area (TPSA) is 116 Å². The summed E-state index contributed by atoms with van der Waals surface area (Å²) < 4.78 is 2.26. The summed E-state index contributed by atoms with van der Waals surface area (Å²) >= 11 is 0. The zero-order chi connectivity index (χ0) is 34.9. The number of fused-ring (bicyclic) bond motifs is 9. The molecule has 12 atom stereocenters. The van der Waals surface area contributed by atoms with Crippen molar-refractivity contribution in [1.82, 2.24) is 9.55 Å². The van der Waals surface area contributed by atoms with Gasteiger partial charge >= 0.3 is 0 Å². The number of allylic oxidation sites excluding steroid dienone is 2. The van der Waals surface area contributed by atoms with Gasteiger partial charge in [-0.15, -0.1) is 0 Å². The fourth-order valence-corrected chi connectivity index (χ4v) is 14.9. The maximum atomic E-state index is 14.0. The molecule has 0 radical (unpaired) electrons. The molecule has 4 N–H and O–H groups in total. The van der Waals surface area contributed by atoms with Crippen LogP contribution in [0.25, 0.3) is 0 Å². The predicted molar refractivity (Wildman–Crippen MR) is 198 cm³/mol. The Hall–Kier alpha value is -1.10. The lowest BCUT2D eigenvalue weighted by atomic mass is 9.45. The minimum atomic E-state index is -1.18. The van der Waals surface area contributed by atoms with Crippen LogP contribution >= 0.6 is 21.6 Å². The maximum Gasteiger partial charge on any atom is 0.159 e. The van der Waals surface area contributed by atoms with Crippen molar-refractivity contribution in [1.29, 1.82) is 0 Å². The van der Waals surface area contributed by atoms with Crippen LogP contribution in [0.2, 0.25) is 0 Å². The third kappa shape index (κ3) is 5.97. The second kappa shape index (κ2) is 13.4. The van der Waals surface area contributed by atoms with Gasteiger partial charge < -0.3 is 25.0 Å². The summed E-state index contributed by atoms with van der Waals surface area (Å²) in [4.78, 5) is 18.4. The second-order valence-electron chi connectivity index (χ2n) is 18.0. The largest absolute Gasteiger partial charge is 0.393 e. The summed E-state index contributed by atoms with van der Waals surface area (Å²) in [7, 11) is 3.74. The van der Waals surface area contributed by atoms with Crippen LogP contribution in [-0.4, -0.2) is 71.2 Å². The lowest BCUT2D eigenvalue weighted by Crippen LogP contribution is -2.62. The van der Waals surface area contributed by atoms with Crippen molar-refractivity contribution in [3.63, 3.8) is 0 Å². The van der Waals surface area contributed by atoms with E-state index in [0.717, 1.165) is 55.6 Å². The van der Waals surface area contributed by atoms with Crippen LogP contribution in [0.3, 0.4) is 0 Å². The van der Waals surface area contributed by atoms with Gasteiger partial charge in [-0.2, -0.15) is 0 Å². The monoisotopic (exact) mass is 712 g/mol. The fraction of sp³-hybridized carbons (Fsp3) is 0.800. The van der Waals surface area contributed by atoms with Crippen molar-refractivity contribution in [2.24, 2.45) is 45.8 Å². The molecule has 49 heavy (non-hydrogen) atoms. The Morgan fingerprint density at radius 2 is 1.65 bits per heavy atom. The lowest BCUT2D eigenvalue weighted by Gasteiger charge is -2.61. The first-order valence-electron chi connectivity index (χ1n) is 19.2. The molecule has 0 unspecified atom stereocenters. The number of imidazole rings is 1. The quantitative estimate of drug-likeness (QED) is 0.177. The van der Waals surface area contributed by atoms with E-state index in [1.165, 1.54) is 24.8 Å². The molecular weight excluding hydrogens is 653 g/mol. The average molecular weight is 713 g/mol. The molecule has 2 bridgehead atoms. The fourth-order valence-electron chi connectivity index (χ4n) is 12.2. The molecule has 1 saturated heterocycles. The Kier molecular flexibility index (Phi) is 9.91. The summed E-state index contributed by atoms with van der Waals surface area (Å²) in [6, 6.07) is 0.249. The highest BCUT2D eigenvalue weighted by atomic mass is 33.1. The molecule has 1 aromatic heterocycles. The molecule has 7 rings (SSSR count). The summed E-state index contributed by atoms with van der Waals surface area (Å²) in [6.07, 6.45) is 16.1. The highest BCUT2D eigenvalue weighted by Crippen LogP contribution is 2.70. The van der Waals surface area contributed by atoms with Crippen LogP contribution < -0.4 is 0 Å². The van der Waals surface area contributed by atoms with Crippen LogP contribution in [0.5, 0.6) is 0 Å². The average Bonchev–Trinajstić information content (AvgIpc) is 3.68. The number of ketones is 1. The first kappa shape index (κ1) is 36.3. The summed E-state index contributed by atoms with van der Waals surface area (Å²) in [5, 5.41) is 47.2. The van der Waals surface area contributed by atoms with Crippen molar-refractivity contribution in [3.05, 3.63) is 41.5 Å². The summed E-state index contributed by atoms with van der Waals surface area (Å²) in [5.74, 6) is 1.34. The Labute approximate surface area is 301 Å². The molecule has 7 nitrogen and oxygen atoms in total. The maximum absolute atomic E-state index is 14.0. The van der Waals surface area contributed by atoms with Gasteiger partial charge in [0.25, 0.3) is 0 Å². The molecule has 1 aromatic rings. The Morgan fingerprint density at radius 3 is 2.37 bits per heavy atom. The van der Waals surface area contributed by atoms with Gasteiger partial charge in [-0.3, -0.25) is 4.79 Å². The number of hydrogen-bond donors (Lipinski definition) is 4. The Balaban J connectivity index is 1.29. The number of carbonyl (C=O) groups is 1. The minimum absolute atomic E-state index is 0.00488. The number of aromatic nitrogens is 2. The van der Waals surface area contributed by atoms with E-state index in [-0.39, 0.29) is 53.3 Å². The summed E-state index contributed by atoms with van der Waals surface area (Å²) in [5.41, 5.74) is 1.62. The Morgan fingerprint density at radius 1 is 0.918 bits per heavy atom. The van der Waals surface area contributed by atoms with E-state index in [0.29, 0.717) is 12.8 Å². The van der Waals surface area contributed by atoms with E-state index in [1.54, 1.807) is 11.6 Å². The van der Waals surface area contributed by atoms with E-state index in [2.05, 4.69) is 50.4 Å². The van der Waals surface area contributed by atoms with Gasteiger partial charge in [-0.1, -0.05) is 73.8 Å². The number of nitrogens with zero attached hydrogens (tertiary/aromatic N) is 2. The highest BCUT2D eigenvalue weighted by Gasteiger charge is 2.70. The first-order chi connectivity index (χ1) is 23.2. The van der Waals surface area contributed by atoms with Crippen molar-refractivity contribution in [2.45, 2.75) is 142 Å². The van der Waals surface area contributed by atoms with E-state index in [9.17, 15) is 25.2 Å². The molecule has 2 heterocycles. The van der Waals surface area contributed by atoms with E-state index < -0.39 is 34.7 Å². The Bertz CT molecular complexity index is 1450. The predicted octanol–water partition coefficient (Wildman–Crippen LogP) is 7.31.